The Morgan fingerprint density at radius 2 is 1.79 bits per heavy atom. The van der Waals surface area contributed by atoms with Gasteiger partial charge in [-0.25, -0.2) is 0 Å². The Morgan fingerprint density at radius 1 is 1.21 bits per heavy atom. The maximum atomic E-state index is 5.91. The zero-order valence-electron chi connectivity index (χ0n) is 9.72. The van der Waals surface area contributed by atoms with E-state index in [2.05, 4.69) is 13.8 Å². The fourth-order valence-corrected chi connectivity index (χ4v) is 2.47. The highest BCUT2D eigenvalue weighted by Gasteiger charge is 2.29. The van der Waals surface area contributed by atoms with Gasteiger partial charge >= 0.3 is 0 Å². The molecule has 0 atom stereocenters. The van der Waals surface area contributed by atoms with Gasteiger partial charge in [0.25, 0.3) is 0 Å². The average molecular weight is 199 g/mol. The SMILES string of the molecule is CCC(CC)(CN)CC1CCOCC1. The van der Waals surface area contributed by atoms with Gasteiger partial charge in [-0.2, -0.15) is 0 Å². The van der Waals surface area contributed by atoms with Crippen molar-refractivity contribution in [2.75, 3.05) is 19.8 Å². The molecule has 1 heterocycles. The van der Waals surface area contributed by atoms with Gasteiger partial charge in [0.1, 0.15) is 0 Å². The third-order valence-electron chi connectivity index (χ3n) is 4.00. The van der Waals surface area contributed by atoms with Crippen LogP contribution in [-0.4, -0.2) is 19.8 Å². The minimum atomic E-state index is 0.405. The summed E-state index contributed by atoms with van der Waals surface area (Å²) >= 11 is 0. The lowest BCUT2D eigenvalue weighted by Crippen LogP contribution is -2.33. The molecule has 0 amide bonds. The summed E-state index contributed by atoms with van der Waals surface area (Å²) in [6.45, 7) is 7.31. The Hall–Kier alpha value is -0.0800. The van der Waals surface area contributed by atoms with Crippen LogP contribution < -0.4 is 5.73 Å². The molecule has 1 aliphatic heterocycles. The van der Waals surface area contributed by atoms with E-state index in [1.54, 1.807) is 0 Å². The summed E-state index contributed by atoms with van der Waals surface area (Å²) < 4.78 is 5.38. The second-order valence-corrected chi connectivity index (χ2v) is 4.67. The summed E-state index contributed by atoms with van der Waals surface area (Å²) in [4.78, 5) is 0. The molecule has 0 aliphatic carbocycles. The molecule has 2 heteroatoms. The number of nitrogens with two attached hydrogens (primary N) is 1. The van der Waals surface area contributed by atoms with Crippen molar-refractivity contribution >= 4 is 0 Å². The predicted molar refractivity (Wildman–Crippen MR) is 60.2 cm³/mol. The first-order valence-corrected chi connectivity index (χ1v) is 6.04. The molecular formula is C12H25NO. The molecule has 0 aromatic carbocycles. The molecule has 1 aliphatic rings. The molecule has 0 aromatic rings. The summed E-state index contributed by atoms with van der Waals surface area (Å²) in [6.07, 6.45) is 6.22. The Labute approximate surface area is 88.2 Å². The molecule has 1 fully saturated rings. The van der Waals surface area contributed by atoms with Gasteiger partial charge < -0.3 is 10.5 Å². The standard InChI is InChI=1S/C12H25NO/c1-3-12(4-2,10-13)9-11-5-7-14-8-6-11/h11H,3-10,13H2,1-2H3. The molecule has 84 valence electrons. The summed E-state index contributed by atoms with van der Waals surface area (Å²) in [5.74, 6) is 0.854. The van der Waals surface area contributed by atoms with Crippen molar-refractivity contribution in [3.8, 4) is 0 Å². The summed E-state index contributed by atoms with van der Waals surface area (Å²) in [7, 11) is 0. The number of rotatable bonds is 5. The monoisotopic (exact) mass is 199 g/mol. The van der Waals surface area contributed by atoms with E-state index in [1.807, 2.05) is 0 Å². The maximum absolute atomic E-state index is 5.91. The van der Waals surface area contributed by atoms with Crippen LogP contribution in [0.25, 0.3) is 0 Å². The quantitative estimate of drug-likeness (QED) is 0.738. The minimum absolute atomic E-state index is 0.405. The van der Waals surface area contributed by atoms with E-state index < -0.39 is 0 Å². The van der Waals surface area contributed by atoms with Crippen LogP contribution >= 0.6 is 0 Å². The van der Waals surface area contributed by atoms with Gasteiger partial charge in [-0.05, 0) is 50.0 Å². The lowest BCUT2D eigenvalue weighted by molar-refractivity contribution is 0.0459. The van der Waals surface area contributed by atoms with Crippen molar-refractivity contribution in [2.45, 2.75) is 46.0 Å². The summed E-state index contributed by atoms with van der Waals surface area (Å²) in [5, 5.41) is 0. The van der Waals surface area contributed by atoms with E-state index >= 15 is 0 Å². The fourth-order valence-electron chi connectivity index (χ4n) is 2.47. The van der Waals surface area contributed by atoms with Crippen molar-refractivity contribution < 1.29 is 4.74 Å². The normalized spacial score (nSPS) is 19.9. The van der Waals surface area contributed by atoms with Gasteiger partial charge in [0, 0.05) is 13.2 Å². The molecule has 0 saturated carbocycles. The molecule has 0 aromatic heterocycles. The maximum Gasteiger partial charge on any atom is 0.0468 e. The van der Waals surface area contributed by atoms with Crippen LogP contribution in [0.15, 0.2) is 0 Å². The first kappa shape index (κ1) is 12.0. The van der Waals surface area contributed by atoms with E-state index in [9.17, 15) is 0 Å². The van der Waals surface area contributed by atoms with Gasteiger partial charge in [-0.1, -0.05) is 13.8 Å². The summed E-state index contributed by atoms with van der Waals surface area (Å²) in [5.41, 5.74) is 6.32. The van der Waals surface area contributed by atoms with Crippen LogP contribution in [0, 0.1) is 11.3 Å². The van der Waals surface area contributed by atoms with Crippen LogP contribution in [0.5, 0.6) is 0 Å². The molecule has 2 N–H and O–H groups in total. The fraction of sp³-hybridized carbons (Fsp3) is 1.00. The first-order chi connectivity index (χ1) is 6.76. The van der Waals surface area contributed by atoms with Crippen molar-refractivity contribution in [2.24, 2.45) is 17.1 Å². The minimum Gasteiger partial charge on any atom is -0.381 e. The van der Waals surface area contributed by atoms with Gasteiger partial charge in [0.05, 0.1) is 0 Å². The van der Waals surface area contributed by atoms with E-state index in [1.165, 1.54) is 32.1 Å². The predicted octanol–water partition coefficient (Wildman–Crippen LogP) is 2.57. The molecule has 14 heavy (non-hydrogen) atoms. The Bertz CT molecular complexity index is 140. The van der Waals surface area contributed by atoms with Crippen molar-refractivity contribution in [3.05, 3.63) is 0 Å². The van der Waals surface area contributed by atoms with Crippen molar-refractivity contribution in [3.63, 3.8) is 0 Å². The molecule has 0 unspecified atom stereocenters. The van der Waals surface area contributed by atoms with E-state index in [-0.39, 0.29) is 0 Å². The van der Waals surface area contributed by atoms with Crippen molar-refractivity contribution in [1.82, 2.24) is 0 Å². The molecule has 2 nitrogen and oxygen atoms in total. The second kappa shape index (κ2) is 5.72. The molecule has 1 rings (SSSR count). The molecule has 0 radical (unpaired) electrons. The smallest absolute Gasteiger partial charge is 0.0468 e. The Morgan fingerprint density at radius 3 is 2.21 bits per heavy atom. The Kier molecular flexibility index (Phi) is 4.90. The lowest BCUT2D eigenvalue weighted by Gasteiger charge is -2.35. The molecular weight excluding hydrogens is 174 g/mol. The molecule has 0 bridgehead atoms. The highest BCUT2D eigenvalue weighted by molar-refractivity contribution is 4.81. The van der Waals surface area contributed by atoms with Crippen LogP contribution in [0.4, 0.5) is 0 Å². The second-order valence-electron chi connectivity index (χ2n) is 4.67. The van der Waals surface area contributed by atoms with E-state index in [4.69, 9.17) is 10.5 Å². The van der Waals surface area contributed by atoms with Gasteiger partial charge in [0.15, 0.2) is 0 Å². The third-order valence-corrected chi connectivity index (χ3v) is 4.00. The van der Waals surface area contributed by atoms with Crippen molar-refractivity contribution in [1.29, 1.82) is 0 Å². The van der Waals surface area contributed by atoms with E-state index in [0.717, 1.165) is 25.7 Å². The lowest BCUT2D eigenvalue weighted by atomic mass is 9.73. The van der Waals surface area contributed by atoms with Gasteiger partial charge in [-0.15, -0.1) is 0 Å². The largest absolute Gasteiger partial charge is 0.381 e. The van der Waals surface area contributed by atoms with Gasteiger partial charge in [-0.3, -0.25) is 0 Å². The summed E-state index contributed by atoms with van der Waals surface area (Å²) in [6, 6.07) is 0. The number of hydrogen-bond donors (Lipinski definition) is 1. The van der Waals surface area contributed by atoms with Crippen LogP contribution in [0.2, 0.25) is 0 Å². The average Bonchev–Trinajstić information content (AvgIpc) is 2.28. The van der Waals surface area contributed by atoms with Gasteiger partial charge in [0.2, 0.25) is 0 Å². The third kappa shape index (κ3) is 2.96. The zero-order valence-corrected chi connectivity index (χ0v) is 9.72. The Balaban J connectivity index is 2.44. The number of ether oxygens (including phenoxy) is 1. The topological polar surface area (TPSA) is 35.2 Å². The molecule has 1 saturated heterocycles. The van der Waals surface area contributed by atoms with E-state index in [0.29, 0.717) is 5.41 Å². The highest BCUT2D eigenvalue weighted by atomic mass is 16.5. The first-order valence-electron chi connectivity index (χ1n) is 6.04. The molecule has 0 spiro atoms. The van der Waals surface area contributed by atoms with Crippen LogP contribution in [0.1, 0.15) is 46.0 Å². The van der Waals surface area contributed by atoms with Crippen LogP contribution in [-0.2, 0) is 4.74 Å². The number of hydrogen-bond acceptors (Lipinski definition) is 2. The highest BCUT2D eigenvalue weighted by Crippen LogP contribution is 2.36. The van der Waals surface area contributed by atoms with Crippen LogP contribution in [0.3, 0.4) is 0 Å². The zero-order chi connectivity index (χ0) is 10.4.